The minimum Gasteiger partial charge on any atom is -0.480 e. The highest BCUT2D eigenvalue weighted by Gasteiger charge is 2.29. The van der Waals surface area contributed by atoms with Crippen LogP contribution in [0.4, 0.5) is 5.82 Å². The van der Waals surface area contributed by atoms with E-state index in [4.69, 9.17) is 5.11 Å². The molecule has 0 aliphatic carbocycles. The number of hydrogen-bond donors (Lipinski definition) is 1. The predicted octanol–water partition coefficient (Wildman–Crippen LogP) is 1.23. The topological polar surface area (TPSA) is 66.3 Å². The Balaban J connectivity index is 2.23. The number of anilines is 1. The second-order valence-corrected chi connectivity index (χ2v) is 4.08. The van der Waals surface area contributed by atoms with E-state index in [0.717, 1.165) is 25.1 Å². The van der Waals surface area contributed by atoms with Crippen molar-refractivity contribution in [3.8, 4) is 0 Å². The van der Waals surface area contributed by atoms with Crippen molar-refractivity contribution in [2.45, 2.75) is 32.2 Å². The van der Waals surface area contributed by atoms with E-state index in [-0.39, 0.29) is 0 Å². The highest BCUT2D eigenvalue weighted by atomic mass is 16.4. The molecule has 86 valence electrons. The number of piperidine rings is 1. The van der Waals surface area contributed by atoms with Gasteiger partial charge in [0.25, 0.3) is 0 Å². The number of rotatable bonds is 2. The molecule has 0 bridgehead atoms. The Hall–Kier alpha value is -1.65. The molecular formula is C11H15N3O2. The summed E-state index contributed by atoms with van der Waals surface area (Å²) < 4.78 is 0. The summed E-state index contributed by atoms with van der Waals surface area (Å²) in [5, 5.41) is 17.1. The molecule has 5 heteroatoms. The molecule has 2 heterocycles. The lowest BCUT2D eigenvalue weighted by molar-refractivity contribution is -0.139. The lowest BCUT2D eigenvalue weighted by Crippen LogP contribution is -2.45. The molecule has 0 saturated carbocycles. The Morgan fingerprint density at radius 2 is 2.25 bits per heavy atom. The summed E-state index contributed by atoms with van der Waals surface area (Å²) in [6.07, 6.45) is 2.66. The Labute approximate surface area is 94.1 Å². The Morgan fingerprint density at radius 3 is 2.88 bits per heavy atom. The molecule has 1 aliphatic heterocycles. The monoisotopic (exact) mass is 221 g/mol. The molecule has 16 heavy (non-hydrogen) atoms. The summed E-state index contributed by atoms with van der Waals surface area (Å²) in [6.45, 7) is 2.61. The zero-order valence-electron chi connectivity index (χ0n) is 9.26. The zero-order chi connectivity index (χ0) is 11.5. The van der Waals surface area contributed by atoms with Gasteiger partial charge in [0, 0.05) is 6.54 Å². The standard InChI is InChI=1S/C11H15N3O2/c1-8-5-6-10(13-12-8)14-7-3-2-4-9(14)11(15)16/h5-6,9H,2-4,7H2,1H3,(H,15,16). The average molecular weight is 221 g/mol. The first-order chi connectivity index (χ1) is 7.68. The highest BCUT2D eigenvalue weighted by Crippen LogP contribution is 2.22. The van der Waals surface area contributed by atoms with Crippen LogP contribution >= 0.6 is 0 Å². The maximum atomic E-state index is 11.1. The summed E-state index contributed by atoms with van der Waals surface area (Å²) in [6, 6.07) is 3.24. The van der Waals surface area contributed by atoms with Gasteiger partial charge in [-0.3, -0.25) is 0 Å². The Bertz CT molecular complexity index is 377. The van der Waals surface area contributed by atoms with Crippen LogP contribution in [0.5, 0.6) is 0 Å². The number of carbonyl (C=O) groups is 1. The molecule has 0 radical (unpaired) electrons. The number of hydrogen-bond acceptors (Lipinski definition) is 4. The van der Waals surface area contributed by atoms with Crippen LogP contribution in [-0.2, 0) is 4.79 Å². The molecule has 1 unspecified atom stereocenters. The maximum absolute atomic E-state index is 11.1. The quantitative estimate of drug-likeness (QED) is 0.813. The van der Waals surface area contributed by atoms with Crippen molar-refractivity contribution in [2.24, 2.45) is 0 Å². The van der Waals surface area contributed by atoms with Crippen LogP contribution in [0.3, 0.4) is 0 Å². The van der Waals surface area contributed by atoms with Gasteiger partial charge in [0.2, 0.25) is 0 Å². The first-order valence-electron chi connectivity index (χ1n) is 5.48. The molecule has 0 spiro atoms. The van der Waals surface area contributed by atoms with Crippen molar-refractivity contribution < 1.29 is 9.90 Å². The van der Waals surface area contributed by atoms with Crippen LogP contribution in [0.25, 0.3) is 0 Å². The van der Waals surface area contributed by atoms with E-state index < -0.39 is 12.0 Å². The van der Waals surface area contributed by atoms with Gasteiger partial charge in [-0.05, 0) is 38.3 Å². The van der Waals surface area contributed by atoms with Crippen molar-refractivity contribution in [2.75, 3.05) is 11.4 Å². The van der Waals surface area contributed by atoms with E-state index >= 15 is 0 Å². The molecule has 1 aliphatic rings. The van der Waals surface area contributed by atoms with Crippen LogP contribution in [0.15, 0.2) is 12.1 Å². The Morgan fingerprint density at radius 1 is 1.44 bits per heavy atom. The van der Waals surface area contributed by atoms with Gasteiger partial charge in [-0.2, -0.15) is 5.10 Å². The summed E-state index contributed by atoms with van der Waals surface area (Å²) in [5.74, 6) is -0.111. The first-order valence-corrected chi connectivity index (χ1v) is 5.48. The van der Waals surface area contributed by atoms with E-state index in [2.05, 4.69) is 10.2 Å². The minimum absolute atomic E-state index is 0.453. The summed E-state index contributed by atoms with van der Waals surface area (Å²) in [5.41, 5.74) is 0.840. The predicted molar refractivity (Wildman–Crippen MR) is 59.4 cm³/mol. The third-order valence-electron chi connectivity index (χ3n) is 2.87. The van der Waals surface area contributed by atoms with E-state index in [1.54, 1.807) is 0 Å². The van der Waals surface area contributed by atoms with Crippen LogP contribution in [0, 0.1) is 6.92 Å². The average Bonchev–Trinajstić information content (AvgIpc) is 2.30. The number of nitrogens with zero attached hydrogens (tertiary/aromatic N) is 3. The van der Waals surface area contributed by atoms with Crippen LogP contribution in [0.2, 0.25) is 0 Å². The van der Waals surface area contributed by atoms with Crippen molar-refractivity contribution in [1.82, 2.24) is 10.2 Å². The van der Waals surface area contributed by atoms with E-state index in [1.165, 1.54) is 0 Å². The van der Waals surface area contributed by atoms with Gasteiger partial charge in [-0.25, -0.2) is 4.79 Å². The van der Waals surface area contributed by atoms with Crippen molar-refractivity contribution in [3.63, 3.8) is 0 Å². The molecule has 1 atom stereocenters. The summed E-state index contributed by atoms with van der Waals surface area (Å²) in [7, 11) is 0. The second-order valence-electron chi connectivity index (χ2n) is 4.08. The molecular weight excluding hydrogens is 206 g/mol. The molecule has 0 amide bonds. The third kappa shape index (κ3) is 2.13. The molecule has 1 aromatic rings. The molecule has 1 aromatic heterocycles. The highest BCUT2D eigenvalue weighted by molar-refractivity contribution is 5.77. The first kappa shape index (κ1) is 10.9. The number of carboxylic acids is 1. The van der Waals surface area contributed by atoms with Gasteiger partial charge >= 0.3 is 5.97 Å². The SMILES string of the molecule is Cc1ccc(N2CCCCC2C(=O)O)nn1. The lowest BCUT2D eigenvalue weighted by Gasteiger charge is -2.33. The number of aryl methyl sites for hydroxylation is 1. The fourth-order valence-corrected chi connectivity index (χ4v) is 2.01. The number of aliphatic carboxylic acids is 1. The van der Waals surface area contributed by atoms with Crippen molar-refractivity contribution >= 4 is 11.8 Å². The summed E-state index contributed by atoms with van der Waals surface area (Å²) >= 11 is 0. The molecule has 2 rings (SSSR count). The second kappa shape index (κ2) is 4.47. The van der Waals surface area contributed by atoms with Gasteiger partial charge in [0.1, 0.15) is 6.04 Å². The normalized spacial score (nSPS) is 20.8. The number of carboxylic acid groups (broad SMARTS) is 1. The van der Waals surface area contributed by atoms with E-state index in [9.17, 15) is 4.79 Å². The molecule has 0 aromatic carbocycles. The molecule has 1 N–H and O–H groups in total. The van der Waals surface area contributed by atoms with Crippen LogP contribution in [-0.4, -0.2) is 33.9 Å². The number of aromatic nitrogens is 2. The van der Waals surface area contributed by atoms with Crippen LogP contribution in [0.1, 0.15) is 25.0 Å². The van der Waals surface area contributed by atoms with Gasteiger partial charge in [0.05, 0.1) is 5.69 Å². The zero-order valence-corrected chi connectivity index (χ0v) is 9.26. The fraction of sp³-hybridized carbons (Fsp3) is 0.545. The molecule has 1 fully saturated rings. The summed E-state index contributed by atoms with van der Waals surface area (Å²) in [4.78, 5) is 12.9. The van der Waals surface area contributed by atoms with Gasteiger partial charge < -0.3 is 10.0 Å². The van der Waals surface area contributed by atoms with Gasteiger partial charge in [0.15, 0.2) is 5.82 Å². The minimum atomic E-state index is -0.776. The van der Waals surface area contributed by atoms with Crippen molar-refractivity contribution in [3.05, 3.63) is 17.8 Å². The maximum Gasteiger partial charge on any atom is 0.326 e. The molecule has 5 nitrogen and oxygen atoms in total. The Kier molecular flexibility index (Phi) is 3.03. The van der Waals surface area contributed by atoms with Gasteiger partial charge in [-0.1, -0.05) is 0 Å². The van der Waals surface area contributed by atoms with Crippen LogP contribution < -0.4 is 4.90 Å². The lowest BCUT2D eigenvalue weighted by atomic mass is 10.0. The fourth-order valence-electron chi connectivity index (χ4n) is 2.01. The molecule has 1 saturated heterocycles. The van der Waals surface area contributed by atoms with E-state index in [0.29, 0.717) is 12.2 Å². The largest absolute Gasteiger partial charge is 0.480 e. The third-order valence-corrected chi connectivity index (χ3v) is 2.87. The van der Waals surface area contributed by atoms with Gasteiger partial charge in [-0.15, -0.1) is 5.10 Å². The van der Waals surface area contributed by atoms with Crippen molar-refractivity contribution in [1.29, 1.82) is 0 Å². The van der Waals surface area contributed by atoms with E-state index in [1.807, 2.05) is 24.0 Å². The smallest absolute Gasteiger partial charge is 0.326 e.